The Bertz CT molecular complexity index is 665. The number of rotatable bonds is 5. The molecule has 0 aliphatic heterocycles. The number of carbonyl (C=O) groups excluding carboxylic acids is 1. The fourth-order valence-electron chi connectivity index (χ4n) is 1.64. The molecule has 1 atom stereocenters. The van der Waals surface area contributed by atoms with Crippen LogP contribution in [0, 0.1) is 11.6 Å². The maximum absolute atomic E-state index is 13.5. The van der Waals surface area contributed by atoms with Crippen molar-refractivity contribution in [3.8, 4) is 0 Å². The van der Waals surface area contributed by atoms with Crippen molar-refractivity contribution in [2.75, 3.05) is 5.75 Å². The highest BCUT2D eigenvalue weighted by atomic mass is 32.2. The molecule has 2 aromatic rings. The second kappa shape index (κ2) is 6.37. The third-order valence-corrected chi connectivity index (χ3v) is 5.28. The van der Waals surface area contributed by atoms with Crippen LogP contribution in [0.25, 0.3) is 0 Å². The first-order valence-corrected chi connectivity index (χ1v) is 8.10. The minimum Gasteiger partial charge on any atom is -0.292 e. The van der Waals surface area contributed by atoms with Gasteiger partial charge >= 0.3 is 0 Å². The summed E-state index contributed by atoms with van der Waals surface area (Å²) in [6, 6.07) is 6.23. The van der Waals surface area contributed by atoms with Gasteiger partial charge in [-0.1, -0.05) is 6.92 Å². The van der Waals surface area contributed by atoms with Crippen molar-refractivity contribution in [2.24, 2.45) is 0 Å². The van der Waals surface area contributed by atoms with Crippen molar-refractivity contribution in [1.82, 2.24) is 0 Å². The summed E-state index contributed by atoms with van der Waals surface area (Å²) in [7, 11) is -1.89. The van der Waals surface area contributed by atoms with Crippen LogP contribution in [0.4, 0.5) is 8.78 Å². The number of carbonyl (C=O) groups is 1. The summed E-state index contributed by atoms with van der Waals surface area (Å²) in [5, 5.41) is 0. The number of Topliss-reactive ketones (excluding diaryl/α,β-unsaturated/α-hetero) is 1. The molecule has 0 amide bonds. The number of hydrogen-bond donors (Lipinski definition) is 0. The number of thiophene rings is 1. The zero-order valence-electron chi connectivity index (χ0n) is 10.7. The smallest absolute Gasteiger partial charge is 0.185 e. The molecule has 2 nitrogen and oxygen atoms in total. The normalized spacial score (nSPS) is 12.3. The predicted molar refractivity (Wildman–Crippen MR) is 75.7 cm³/mol. The van der Waals surface area contributed by atoms with E-state index in [2.05, 4.69) is 0 Å². The highest BCUT2D eigenvalue weighted by Gasteiger charge is 2.17. The van der Waals surface area contributed by atoms with E-state index in [1.54, 1.807) is 6.07 Å². The minimum atomic E-state index is -1.89. The van der Waals surface area contributed by atoms with Gasteiger partial charge in [0.2, 0.25) is 0 Å². The molecule has 0 aliphatic carbocycles. The van der Waals surface area contributed by atoms with E-state index in [1.165, 1.54) is 11.3 Å². The fourth-order valence-corrected chi connectivity index (χ4v) is 3.69. The molecule has 0 saturated heterocycles. The van der Waals surface area contributed by atoms with E-state index in [0.717, 1.165) is 29.5 Å². The summed E-state index contributed by atoms with van der Waals surface area (Å²) in [5.41, 5.74) is 0. The monoisotopic (exact) mass is 314 g/mol. The quantitative estimate of drug-likeness (QED) is 0.791. The molecule has 0 N–H and O–H groups in total. The Labute approximate surface area is 121 Å². The van der Waals surface area contributed by atoms with Gasteiger partial charge in [0.05, 0.1) is 26.3 Å². The van der Waals surface area contributed by atoms with Crippen molar-refractivity contribution < 1.29 is 17.8 Å². The van der Waals surface area contributed by atoms with Crippen LogP contribution in [-0.2, 0) is 17.2 Å². The Morgan fingerprint density at radius 1 is 1.25 bits per heavy atom. The number of ketones is 1. The maximum atomic E-state index is 13.5. The maximum Gasteiger partial charge on any atom is 0.185 e. The first-order chi connectivity index (χ1) is 9.51. The average molecular weight is 314 g/mol. The molecule has 1 aromatic heterocycles. The minimum absolute atomic E-state index is 0.273. The Hall–Kier alpha value is -1.40. The number of halogens is 2. The highest BCUT2D eigenvalue weighted by molar-refractivity contribution is 7.85. The Morgan fingerprint density at radius 3 is 2.65 bits per heavy atom. The summed E-state index contributed by atoms with van der Waals surface area (Å²) in [4.78, 5) is 13.2. The topological polar surface area (TPSA) is 34.1 Å². The standard InChI is InChI=1S/C14H12F2O2S2/c1-2-10-4-6-13(19-10)12(17)8-20(18)14-7-9(15)3-5-11(14)16/h3-7H,2,8H2,1H3. The summed E-state index contributed by atoms with van der Waals surface area (Å²) in [6.45, 7) is 1.97. The molecule has 20 heavy (non-hydrogen) atoms. The van der Waals surface area contributed by atoms with Crippen LogP contribution in [0.5, 0.6) is 0 Å². The van der Waals surface area contributed by atoms with Gasteiger partial charge < -0.3 is 0 Å². The molecule has 0 radical (unpaired) electrons. The first kappa shape index (κ1) is 15.0. The van der Waals surface area contributed by atoms with Crippen molar-refractivity contribution in [3.05, 3.63) is 51.7 Å². The number of benzene rings is 1. The van der Waals surface area contributed by atoms with Gasteiger partial charge in [-0.15, -0.1) is 11.3 Å². The molecular weight excluding hydrogens is 302 g/mol. The predicted octanol–water partition coefficient (Wildman–Crippen LogP) is 3.58. The van der Waals surface area contributed by atoms with Crippen LogP contribution in [0.15, 0.2) is 35.2 Å². The van der Waals surface area contributed by atoms with Gasteiger partial charge in [-0.2, -0.15) is 0 Å². The van der Waals surface area contributed by atoms with Crippen molar-refractivity contribution in [3.63, 3.8) is 0 Å². The van der Waals surface area contributed by atoms with Gasteiger partial charge in [-0.05, 0) is 36.8 Å². The highest BCUT2D eigenvalue weighted by Crippen LogP contribution is 2.20. The molecule has 0 spiro atoms. The first-order valence-electron chi connectivity index (χ1n) is 5.96. The van der Waals surface area contributed by atoms with Gasteiger partial charge in [0.25, 0.3) is 0 Å². The second-order valence-electron chi connectivity index (χ2n) is 4.11. The summed E-state index contributed by atoms with van der Waals surface area (Å²) < 4.78 is 38.5. The Kier molecular flexibility index (Phi) is 4.77. The third-order valence-electron chi connectivity index (χ3n) is 2.69. The number of aryl methyl sites for hydroxylation is 1. The molecule has 1 heterocycles. The Balaban J connectivity index is 2.15. The Morgan fingerprint density at radius 2 is 2.00 bits per heavy atom. The molecule has 0 bridgehead atoms. The molecule has 2 rings (SSSR count). The zero-order chi connectivity index (χ0) is 14.7. The van der Waals surface area contributed by atoms with E-state index in [1.807, 2.05) is 13.0 Å². The van der Waals surface area contributed by atoms with E-state index in [9.17, 15) is 17.8 Å². The van der Waals surface area contributed by atoms with Gasteiger partial charge in [-0.3, -0.25) is 9.00 Å². The second-order valence-corrected chi connectivity index (χ2v) is 6.70. The lowest BCUT2D eigenvalue weighted by Gasteiger charge is -2.02. The SMILES string of the molecule is CCc1ccc(C(=O)CS(=O)c2cc(F)ccc2F)s1. The lowest BCUT2D eigenvalue weighted by molar-refractivity contribution is 0.102. The van der Waals surface area contributed by atoms with Crippen LogP contribution in [0.2, 0.25) is 0 Å². The summed E-state index contributed by atoms with van der Waals surface area (Å²) >= 11 is 1.33. The van der Waals surface area contributed by atoms with Gasteiger partial charge in [0, 0.05) is 4.88 Å². The molecule has 0 saturated carbocycles. The van der Waals surface area contributed by atoms with Crippen LogP contribution in [0.1, 0.15) is 21.5 Å². The molecule has 6 heteroatoms. The van der Waals surface area contributed by atoms with Gasteiger partial charge in [0.15, 0.2) is 5.78 Å². The summed E-state index contributed by atoms with van der Waals surface area (Å²) in [6.07, 6.45) is 0.819. The largest absolute Gasteiger partial charge is 0.292 e. The van der Waals surface area contributed by atoms with E-state index < -0.39 is 22.4 Å². The van der Waals surface area contributed by atoms with Gasteiger partial charge in [-0.25, -0.2) is 8.78 Å². The van der Waals surface area contributed by atoms with Crippen molar-refractivity contribution >= 4 is 27.9 Å². The lowest BCUT2D eigenvalue weighted by atomic mass is 10.3. The zero-order valence-corrected chi connectivity index (χ0v) is 12.3. The molecular formula is C14H12F2O2S2. The van der Waals surface area contributed by atoms with Crippen molar-refractivity contribution in [1.29, 1.82) is 0 Å². The van der Waals surface area contributed by atoms with Gasteiger partial charge in [0.1, 0.15) is 11.6 Å². The summed E-state index contributed by atoms with van der Waals surface area (Å²) in [5.74, 6) is -2.11. The molecule has 1 unspecified atom stereocenters. The van der Waals surface area contributed by atoms with E-state index in [-0.39, 0.29) is 16.4 Å². The lowest BCUT2D eigenvalue weighted by Crippen LogP contribution is -2.11. The van der Waals surface area contributed by atoms with Crippen molar-refractivity contribution in [2.45, 2.75) is 18.2 Å². The molecule has 0 aliphatic rings. The average Bonchev–Trinajstić information content (AvgIpc) is 2.90. The fraction of sp³-hybridized carbons (Fsp3) is 0.214. The number of hydrogen-bond acceptors (Lipinski definition) is 3. The molecule has 1 aromatic carbocycles. The van der Waals surface area contributed by atoms with Crippen LogP contribution < -0.4 is 0 Å². The van der Waals surface area contributed by atoms with Crippen LogP contribution >= 0.6 is 11.3 Å². The van der Waals surface area contributed by atoms with E-state index in [0.29, 0.717) is 4.88 Å². The van der Waals surface area contributed by atoms with E-state index in [4.69, 9.17) is 0 Å². The van der Waals surface area contributed by atoms with Crippen LogP contribution in [-0.4, -0.2) is 15.7 Å². The molecule has 0 fully saturated rings. The molecule has 106 valence electrons. The van der Waals surface area contributed by atoms with Crippen LogP contribution in [0.3, 0.4) is 0 Å². The van der Waals surface area contributed by atoms with E-state index >= 15 is 0 Å². The third kappa shape index (κ3) is 3.37.